The molecule has 2 aromatic carbocycles. The van der Waals surface area contributed by atoms with Gasteiger partial charge in [-0.05, 0) is 35.9 Å². The van der Waals surface area contributed by atoms with E-state index in [-0.39, 0.29) is 5.75 Å². The Morgan fingerprint density at radius 1 is 1.17 bits per heavy atom. The van der Waals surface area contributed by atoms with Crippen LogP contribution in [0.3, 0.4) is 0 Å². The van der Waals surface area contributed by atoms with E-state index in [1.54, 1.807) is 7.11 Å². The Kier molecular flexibility index (Phi) is 5.59. The third-order valence-corrected chi connectivity index (χ3v) is 3.06. The van der Waals surface area contributed by atoms with Crippen molar-refractivity contribution in [3.05, 3.63) is 59.4 Å². The van der Waals surface area contributed by atoms with Gasteiger partial charge in [-0.1, -0.05) is 18.1 Å². The van der Waals surface area contributed by atoms with Gasteiger partial charge in [-0.25, -0.2) is 4.39 Å². The van der Waals surface area contributed by atoms with Gasteiger partial charge >= 0.3 is 0 Å². The molecule has 0 atom stereocenters. The fourth-order valence-electron chi connectivity index (χ4n) is 1.88. The predicted molar refractivity (Wildman–Crippen MR) is 84.7 cm³/mol. The minimum absolute atomic E-state index is 0.0913. The summed E-state index contributed by atoms with van der Waals surface area (Å²) in [5.41, 5.74) is 1.41. The monoisotopic (exact) mass is 313 g/mol. The van der Waals surface area contributed by atoms with Gasteiger partial charge in [-0.2, -0.15) is 0 Å². The first-order valence-corrected chi connectivity index (χ1v) is 6.88. The van der Waals surface area contributed by atoms with Gasteiger partial charge in [-0.3, -0.25) is 4.79 Å². The summed E-state index contributed by atoms with van der Waals surface area (Å²) in [6.45, 7) is 0.345. The largest absolute Gasteiger partial charge is 0.497 e. The number of nitrogens with one attached hydrogen (secondary N) is 1. The highest BCUT2D eigenvalue weighted by Crippen LogP contribution is 2.17. The number of amides is 1. The average Bonchev–Trinajstić information content (AvgIpc) is 2.59. The summed E-state index contributed by atoms with van der Waals surface area (Å²) < 4.78 is 23.3. The fraction of sp³-hybridized carbons (Fsp3) is 0.167. The molecule has 0 radical (unpaired) electrons. The van der Waals surface area contributed by atoms with Crippen molar-refractivity contribution in [2.45, 2.75) is 6.54 Å². The molecule has 0 aliphatic heterocycles. The Morgan fingerprint density at radius 3 is 2.74 bits per heavy atom. The molecule has 2 aromatic rings. The summed E-state index contributed by atoms with van der Waals surface area (Å²) >= 11 is 0. The molecule has 0 unspecified atom stereocenters. The van der Waals surface area contributed by atoms with Gasteiger partial charge in [0, 0.05) is 18.0 Å². The number of hydrogen-bond donors (Lipinski definition) is 1. The molecule has 1 N–H and O–H groups in total. The fourth-order valence-corrected chi connectivity index (χ4v) is 1.88. The second-order valence-electron chi connectivity index (χ2n) is 4.63. The molecular formula is C18H16FNO3. The molecule has 5 heteroatoms. The van der Waals surface area contributed by atoms with Crippen LogP contribution in [-0.4, -0.2) is 20.1 Å². The minimum Gasteiger partial charge on any atom is -0.497 e. The molecular weight excluding hydrogens is 297 g/mol. The standard InChI is InChI=1S/C18H16FNO3/c1-22-15-5-3-4-14(10-15)12-20-18(21)9-7-13-6-8-16(19)17(11-13)23-2/h3-6,8,10-11H,12H2,1-2H3,(H,20,21). The lowest BCUT2D eigenvalue weighted by atomic mass is 10.2. The zero-order chi connectivity index (χ0) is 16.7. The predicted octanol–water partition coefficient (Wildman–Crippen LogP) is 2.51. The molecule has 0 aliphatic carbocycles. The maximum absolute atomic E-state index is 13.3. The molecule has 0 heterocycles. The first-order valence-electron chi connectivity index (χ1n) is 6.88. The van der Waals surface area contributed by atoms with Gasteiger partial charge in [-0.15, -0.1) is 0 Å². The molecule has 118 valence electrons. The van der Waals surface area contributed by atoms with Gasteiger partial charge in [0.15, 0.2) is 11.6 Å². The Labute approximate surface area is 134 Å². The molecule has 2 rings (SSSR count). The first-order chi connectivity index (χ1) is 11.1. The summed E-state index contributed by atoms with van der Waals surface area (Å²) in [5, 5.41) is 2.69. The zero-order valence-electron chi connectivity index (χ0n) is 12.9. The normalized spacial score (nSPS) is 9.52. The van der Waals surface area contributed by atoms with Crippen LogP contribution in [0.2, 0.25) is 0 Å². The first kappa shape index (κ1) is 16.4. The second-order valence-corrected chi connectivity index (χ2v) is 4.63. The Morgan fingerprint density at radius 2 is 2.00 bits per heavy atom. The molecule has 0 bridgehead atoms. The number of carbonyl (C=O) groups excluding carboxylic acids is 1. The molecule has 23 heavy (non-hydrogen) atoms. The van der Waals surface area contributed by atoms with Crippen molar-refractivity contribution in [3.63, 3.8) is 0 Å². The summed E-state index contributed by atoms with van der Waals surface area (Å²) in [6.07, 6.45) is 0. The Balaban J connectivity index is 1.97. The van der Waals surface area contributed by atoms with Gasteiger partial charge in [0.25, 0.3) is 5.91 Å². The van der Waals surface area contributed by atoms with Crippen LogP contribution in [0.25, 0.3) is 0 Å². The lowest BCUT2D eigenvalue weighted by Crippen LogP contribution is -2.20. The molecule has 0 aromatic heterocycles. The van der Waals surface area contributed by atoms with Crippen molar-refractivity contribution in [2.24, 2.45) is 0 Å². The lowest BCUT2D eigenvalue weighted by molar-refractivity contribution is -0.115. The number of benzene rings is 2. The van der Waals surface area contributed by atoms with E-state index < -0.39 is 11.7 Å². The van der Waals surface area contributed by atoms with Crippen molar-refractivity contribution in [3.8, 4) is 23.3 Å². The molecule has 0 spiro atoms. The molecule has 4 nitrogen and oxygen atoms in total. The quantitative estimate of drug-likeness (QED) is 0.882. The van der Waals surface area contributed by atoms with Gasteiger partial charge in [0.1, 0.15) is 5.75 Å². The maximum atomic E-state index is 13.3. The van der Waals surface area contributed by atoms with Crippen molar-refractivity contribution >= 4 is 5.91 Å². The number of carbonyl (C=O) groups is 1. The van der Waals surface area contributed by atoms with Crippen LogP contribution in [0.5, 0.6) is 11.5 Å². The highest BCUT2D eigenvalue weighted by molar-refractivity contribution is 5.94. The van der Waals surface area contributed by atoms with Crippen molar-refractivity contribution in [1.29, 1.82) is 0 Å². The van der Waals surface area contributed by atoms with Gasteiger partial charge in [0.05, 0.1) is 14.2 Å². The molecule has 1 amide bonds. The highest BCUT2D eigenvalue weighted by Gasteiger charge is 2.02. The summed E-state index contributed by atoms with van der Waals surface area (Å²) in [5.74, 6) is 5.05. The summed E-state index contributed by atoms with van der Waals surface area (Å²) in [4.78, 5) is 11.7. The average molecular weight is 313 g/mol. The van der Waals surface area contributed by atoms with Gasteiger partial charge in [0.2, 0.25) is 0 Å². The van der Waals surface area contributed by atoms with Crippen LogP contribution < -0.4 is 14.8 Å². The highest BCUT2D eigenvalue weighted by atomic mass is 19.1. The van der Waals surface area contributed by atoms with E-state index in [2.05, 4.69) is 17.2 Å². The van der Waals surface area contributed by atoms with Crippen LogP contribution in [0, 0.1) is 17.7 Å². The zero-order valence-corrected chi connectivity index (χ0v) is 12.9. The third-order valence-electron chi connectivity index (χ3n) is 3.06. The van der Waals surface area contributed by atoms with E-state index in [9.17, 15) is 9.18 Å². The van der Waals surface area contributed by atoms with E-state index in [1.807, 2.05) is 24.3 Å². The number of rotatable bonds is 4. The second kappa shape index (κ2) is 7.85. The van der Waals surface area contributed by atoms with Crippen LogP contribution >= 0.6 is 0 Å². The third kappa shape index (κ3) is 4.75. The van der Waals surface area contributed by atoms with E-state index >= 15 is 0 Å². The van der Waals surface area contributed by atoms with Crippen molar-refractivity contribution in [1.82, 2.24) is 5.32 Å². The summed E-state index contributed by atoms with van der Waals surface area (Å²) in [6, 6.07) is 11.6. The van der Waals surface area contributed by atoms with Crippen LogP contribution in [0.1, 0.15) is 11.1 Å². The maximum Gasteiger partial charge on any atom is 0.296 e. The van der Waals surface area contributed by atoms with Crippen molar-refractivity contribution in [2.75, 3.05) is 14.2 Å². The topological polar surface area (TPSA) is 47.6 Å². The Bertz CT molecular complexity index is 762. The lowest BCUT2D eigenvalue weighted by Gasteiger charge is -2.04. The van der Waals surface area contributed by atoms with Crippen LogP contribution in [-0.2, 0) is 11.3 Å². The minimum atomic E-state index is -0.472. The smallest absolute Gasteiger partial charge is 0.296 e. The number of ether oxygens (including phenoxy) is 2. The van der Waals surface area contributed by atoms with E-state index in [0.717, 1.165) is 11.3 Å². The SMILES string of the molecule is COc1cccc(CNC(=O)C#Cc2ccc(F)c(OC)c2)c1. The number of methoxy groups -OCH3 is 2. The summed E-state index contributed by atoms with van der Waals surface area (Å²) in [7, 11) is 2.95. The number of hydrogen-bond acceptors (Lipinski definition) is 3. The molecule has 0 saturated carbocycles. The number of halogens is 1. The van der Waals surface area contributed by atoms with Crippen LogP contribution in [0.4, 0.5) is 4.39 Å². The Hall–Kier alpha value is -3.00. The van der Waals surface area contributed by atoms with Gasteiger partial charge < -0.3 is 14.8 Å². The molecule has 0 saturated heterocycles. The molecule has 0 aliphatic rings. The van der Waals surface area contributed by atoms with Crippen LogP contribution in [0.15, 0.2) is 42.5 Å². The van der Waals surface area contributed by atoms with E-state index in [1.165, 1.54) is 25.3 Å². The van der Waals surface area contributed by atoms with E-state index in [0.29, 0.717) is 12.1 Å². The molecule has 0 fully saturated rings. The van der Waals surface area contributed by atoms with Crippen molar-refractivity contribution < 1.29 is 18.7 Å². The van der Waals surface area contributed by atoms with E-state index in [4.69, 9.17) is 9.47 Å².